The van der Waals surface area contributed by atoms with Crippen molar-refractivity contribution in [3.8, 4) is 5.69 Å². The monoisotopic (exact) mass is 364 g/mol. The van der Waals surface area contributed by atoms with Crippen LogP contribution in [0.3, 0.4) is 0 Å². The van der Waals surface area contributed by atoms with Gasteiger partial charge in [-0.05, 0) is 74.6 Å². The van der Waals surface area contributed by atoms with Crippen LogP contribution >= 0.6 is 11.8 Å². The molecule has 3 nitrogen and oxygen atoms in total. The summed E-state index contributed by atoms with van der Waals surface area (Å²) in [5, 5.41) is 0. The predicted octanol–water partition coefficient (Wildman–Crippen LogP) is 5.61. The molecule has 0 amide bonds. The van der Waals surface area contributed by atoms with Crippen molar-refractivity contribution in [2.45, 2.75) is 48.5 Å². The Kier molecular flexibility index (Phi) is 5.14. The molecule has 4 rings (SSSR count). The number of ether oxygens (including phenoxy) is 1. The van der Waals surface area contributed by atoms with Crippen molar-refractivity contribution in [2.75, 3.05) is 6.61 Å². The van der Waals surface area contributed by atoms with Crippen LogP contribution in [0.2, 0.25) is 0 Å². The number of benzene rings is 2. The average Bonchev–Trinajstić information content (AvgIpc) is 3.09. The number of nitrogens with zero attached hydrogens (tertiary/aromatic N) is 2. The van der Waals surface area contributed by atoms with Crippen LogP contribution in [-0.2, 0) is 4.74 Å². The summed E-state index contributed by atoms with van der Waals surface area (Å²) in [7, 11) is 0. The maximum Gasteiger partial charge on any atom is 0.110 e. The lowest BCUT2D eigenvalue weighted by atomic mass is 9.89. The predicted molar refractivity (Wildman–Crippen MR) is 106 cm³/mol. The van der Waals surface area contributed by atoms with Gasteiger partial charge in [-0.15, -0.1) is 0 Å². The molecule has 0 aliphatic carbocycles. The van der Waals surface area contributed by atoms with Crippen LogP contribution < -0.4 is 0 Å². The third-order valence-electron chi connectivity index (χ3n) is 4.99. The van der Waals surface area contributed by atoms with Gasteiger partial charge in [0.25, 0.3) is 0 Å². The zero-order valence-electron chi connectivity index (χ0n) is 15.3. The summed E-state index contributed by atoms with van der Waals surface area (Å²) >= 11 is 1.82. The summed E-state index contributed by atoms with van der Waals surface area (Å²) in [4.78, 5) is 6.84. The Morgan fingerprint density at radius 2 is 1.96 bits per heavy atom. The van der Waals surface area contributed by atoms with Crippen molar-refractivity contribution < 1.29 is 4.74 Å². The van der Waals surface area contributed by atoms with Gasteiger partial charge in [0.2, 0.25) is 0 Å². The van der Waals surface area contributed by atoms with Gasteiger partial charge in [0.1, 0.15) is 5.82 Å². The van der Waals surface area contributed by atoms with Crippen LogP contribution in [-0.4, -0.2) is 22.3 Å². The molecule has 1 aromatic heterocycles. The standard InChI is InChI=1S/C22H24N2OS/c1-16-14-19(10-13-25-16)18-4-3-5-22(15-18)26-21-8-6-20(7-9-21)24-12-11-23-17(24)2/h3-9,11-12,15-16,19H,10,13-14H2,1-2H3. The molecule has 0 spiro atoms. The molecule has 2 heterocycles. The lowest BCUT2D eigenvalue weighted by Crippen LogP contribution is -2.21. The Labute approximate surface area is 159 Å². The largest absolute Gasteiger partial charge is 0.378 e. The van der Waals surface area contributed by atoms with E-state index in [1.54, 1.807) is 0 Å². The van der Waals surface area contributed by atoms with E-state index in [9.17, 15) is 0 Å². The molecule has 0 N–H and O–H groups in total. The van der Waals surface area contributed by atoms with Crippen molar-refractivity contribution in [3.05, 3.63) is 72.3 Å². The van der Waals surface area contributed by atoms with Gasteiger partial charge in [0.15, 0.2) is 0 Å². The van der Waals surface area contributed by atoms with Gasteiger partial charge in [-0.1, -0.05) is 23.9 Å². The minimum Gasteiger partial charge on any atom is -0.378 e. The Morgan fingerprint density at radius 1 is 1.12 bits per heavy atom. The van der Waals surface area contributed by atoms with Crippen molar-refractivity contribution in [1.29, 1.82) is 0 Å². The molecule has 0 saturated carbocycles. The summed E-state index contributed by atoms with van der Waals surface area (Å²) < 4.78 is 7.79. The fourth-order valence-corrected chi connectivity index (χ4v) is 4.48. The summed E-state index contributed by atoms with van der Waals surface area (Å²) in [6, 6.07) is 17.7. The zero-order chi connectivity index (χ0) is 17.9. The number of hydrogen-bond acceptors (Lipinski definition) is 3. The molecule has 2 atom stereocenters. The van der Waals surface area contributed by atoms with E-state index < -0.39 is 0 Å². The van der Waals surface area contributed by atoms with E-state index in [0.29, 0.717) is 12.0 Å². The summed E-state index contributed by atoms with van der Waals surface area (Å²) in [6.45, 7) is 5.07. The van der Waals surface area contributed by atoms with Gasteiger partial charge in [-0.3, -0.25) is 0 Å². The highest BCUT2D eigenvalue weighted by Gasteiger charge is 2.21. The van der Waals surface area contributed by atoms with Crippen LogP contribution in [0.4, 0.5) is 0 Å². The second-order valence-corrected chi connectivity index (χ2v) is 8.06. The first-order valence-corrected chi connectivity index (χ1v) is 10.0. The third kappa shape index (κ3) is 3.87. The molecule has 4 heteroatoms. The van der Waals surface area contributed by atoms with Crippen LogP contribution in [0, 0.1) is 6.92 Å². The smallest absolute Gasteiger partial charge is 0.110 e. The second-order valence-electron chi connectivity index (χ2n) is 6.92. The third-order valence-corrected chi connectivity index (χ3v) is 5.99. The SMILES string of the molecule is Cc1nccn1-c1ccc(Sc2cccc(C3CCOC(C)C3)c2)cc1. The maximum atomic E-state index is 5.69. The van der Waals surface area contributed by atoms with Gasteiger partial charge >= 0.3 is 0 Å². The Morgan fingerprint density at radius 3 is 2.69 bits per heavy atom. The Balaban J connectivity index is 1.49. The van der Waals surface area contributed by atoms with Crippen LogP contribution in [0.25, 0.3) is 5.69 Å². The first-order valence-electron chi connectivity index (χ1n) is 9.19. The lowest BCUT2D eigenvalue weighted by molar-refractivity contribution is 0.0186. The molecule has 2 aromatic carbocycles. The molecule has 2 unspecified atom stereocenters. The quantitative estimate of drug-likeness (QED) is 0.602. The molecule has 26 heavy (non-hydrogen) atoms. The number of rotatable bonds is 4. The van der Waals surface area contributed by atoms with Crippen molar-refractivity contribution in [2.24, 2.45) is 0 Å². The molecular formula is C22H24N2OS. The molecule has 1 fully saturated rings. The zero-order valence-corrected chi connectivity index (χ0v) is 16.1. The first kappa shape index (κ1) is 17.4. The van der Waals surface area contributed by atoms with Crippen molar-refractivity contribution in [1.82, 2.24) is 9.55 Å². The average molecular weight is 365 g/mol. The molecule has 0 bridgehead atoms. The molecule has 1 saturated heterocycles. The van der Waals surface area contributed by atoms with E-state index in [4.69, 9.17) is 4.74 Å². The van der Waals surface area contributed by atoms with E-state index in [2.05, 4.69) is 65.0 Å². The van der Waals surface area contributed by atoms with E-state index >= 15 is 0 Å². The maximum absolute atomic E-state index is 5.69. The van der Waals surface area contributed by atoms with E-state index in [1.165, 1.54) is 15.4 Å². The summed E-state index contributed by atoms with van der Waals surface area (Å²) in [5.74, 6) is 1.62. The molecule has 3 aromatic rings. The molecular weight excluding hydrogens is 340 g/mol. The normalized spacial score (nSPS) is 20.2. The fourth-order valence-electron chi connectivity index (χ4n) is 3.59. The highest BCUT2D eigenvalue weighted by atomic mass is 32.2. The van der Waals surface area contributed by atoms with Crippen LogP contribution in [0.15, 0.2) is 70.7 Å². The molecule has 1 aliphatic heterocycles. The molecule has 134 valence electrons. The van der Waals surface area contributed by atoms with E-state index in [1.807, 2.05) is 31.1 Å². The Hall–Kier alpha value is -2.04. The fraction of sp³-hybridized carbons (Fsp3) is 0.318. The van der Waals surface area contributed by atoms with Gasteiger partial charge in [0.05, 0.1) is 6.10 Å². The van der Waals surface area contributed by atoms with Crippen molar-refractivity contribution >= 4 is 11.8 Å². The van der Waals surface area contributed by atoms with Gasteiger partial charge in [0, 0.05) is 34.5 Å². The lowest BCUT2D eigenvalue weighted by Gasteiger charge is -2.27. The topological polar surface area (TPSA) is 27.1 Å². The van der Waals surface area contributed by atoms with Crippen molar-refractivity contribution in [3.63, 3.8) is 0 Å². The highest BCUT2D eigenvalue weighted by molar-refractivity contribution is 7.99. The number of aryl methyl sites for hydroxylation is 1. The number of aromatic nitrogens is 2. The molecule has 0 radical (unpaired) electrons. The Bertz CT molecular complexity index is 872. The van der Waals surface area contributed by atoms with Gasteiger partial charge in [-0.25, -0.2) is 4.98 Å². The van der Waals surface area contributed by atoms with Crippen LogP contribution in [0.5, 0.6) is 0 Å². The summed E-state index contributed by atoms with van der Waals surface area (Å²) in [5.41, 5.74) is 2.59. The highest BCUT2D eigenvalue weighted by Crippen LogP contribution is 2.34. The number of hydrogen-bond donors (Lipinski definition) is 0. The molecule has 1 aliphatic rings. The minimum atomic E-state index is 0.365. The van der Waals surface area contributed by atoms with E-state index in [-0.39, 0.29) is 0 Å². The van der Waals surface area contributed by atoms with Crippen LogP contribution in [0.1, 0.15) is 37.1 Å². The first-order chi connectivity index (χ1) is 12.7. The van der Waals surface area contributed by atoms with Gasteiger partial charge in [-0.2, -0.15) is 0 Å². The second kappa shape index (κ2) is 7.68. The van der Waals surface area contributed by atoms with Gasteiger partial charge < -0.3 is 9.30 Å². The number of imidazole rings is 1. The van der Waals surface area contributed by atoms with E-state index in [0.717, 1.165) is 31.0 Å². The minimum absolute atomic E-state index is 0.365. The summed E-state index contributed by atoms with van der Waals surface area (Å²) in [6.07, 6.45) is 6.44.